The molecule has 0 spiro atoms. The smallest absolute Gasteiger partial charge is 0.0512 e. The molecule has 0 radical (unpaired) electrons. The monoisotopic (exact) mass is 127 g/mol. The highest BCUT2D eigenvalue weighted by atomic mass is 16.5. The Balaban J connectivity index is 1.91. The molecule has 2 heteroatoms. The molecule has 1 aliphatic carbocycles. The van der Waals surface area contributed by atoms with Crippen LogP contribution < -0.4 is 5.32 Å². The Labute approximate surface area is 55.6 Å². The average Bonchev–Trinajstić information content (AvgIpc) is 2.60. The minimum absolute atomic E-state index is 0.785. The zero-order valence-electron chi connectivity index (χ0n) is 5.76. The van der Waals surface area contributed by atoms with Crippen LogP contribution in [-0.4, -0.2) is 26.3 Å². The molecule has 2 rings (SSSR count). The number of nitrogens with one attached hydrogen (secondary N) is 1. The molecule has 1 aliphatic heterocycles. The van der Waals surface area contributed by atoms with E-state index in [0.717, 1.165) is 31.1 Å². The van der Waals surface area contributed by atoms with E-state index < -0.39 is 0 Å². The Morgan fingerprint density at radius 2 is 2.33 bits per heavy atom. The molecule has 3 unspecified atom stereocenters. The molecule has 0 bridgehead atoms. The van der Waals surface area contributed by atoms with E-state index in [0.29, 0.717) is 0 Å². The number of rotatable bonds is 1. The Morgan fingerprint density at radius 1 is 1.44 bits per heavy atom. The molecular formula is C7H13NO. The van der Waals surface area contributed by atoms with Gasteiger partial charge < -0.3 is 10.1 Å². The second kappa shape index (κ2) is 1.96. The third-order valence-corrected chi connectivity index (χ3v) is 2.57. The highest BCUT2D eigenvalue weighted by Gasteiger charge is 2.50. The summed E-state index contributed by atoms with van der Waals surface area (Å²) in [4.78, 5) is 0. The van der Waals surface area contributed by atoms with E-state index in [1.165, 1.54) is 6.42 Å². The van der Waals surface area contributed by atoms with Crippen LogP contribution in [0.2, 0.25) is 0 Å². The molecule has 9 heavy (non-hydrogen) atoms. The number of hydrogen-bond donors (Lipinski definition) is 1. The largest absolute Gasteiger partial charge is 0.381 e. The highest BCUT2D eigenvalue weighted by molar-refractivity contribution is 5.03. The van der Waals surface area contributed by atoms with Gasteiger partial charge in [-0.15, -0.1) is 0 Å². The lowest BCUT2D eigenvalue weighted by atomic mass is 10.2. The first-order valence-electron chi connectivity index (χ1n) is 3.68. The SMILES string of the molecule is CNC1C2CCOCC21. The highest BCUT2D eigenvalue weighted by Crippen LogP contribution is 2.44. The van der Waals surface area contributed by atoms with Gasteiger partial charge in [0.1, 0.15) is 0 Å². The van der Waals surface area contributed by atoms with Crippen molar-refractivity contribution in [3.05, 3.63) is 0 Å². The van der Waals surface area contributed by atoms with Crippen molar-refractivity contribution >= 4 is 0 Å². The second-order valence-corrected chi connectivity index (χ2v) is 3.01. The van der Waals surface area contributed by atoms with Crippen molar-refractivity contribution in [1.82, 2.24) is 5.32 Å². The molecule has 0 aromatic rings. The van der Waals surface area contributed by atoms with E-state index >= 15 is 0 Å². The van der Waals surface area contributed by atoms with E-state index in [2.05, 4.69) is 5.32 Å². The minimum Gasteiger partial charge on any atom is -0.381 e. The van der Waals surface area contributed by atoms with Crippen molar-refractivity contribution in [1.29, 1.82) is 0 Å². The van der Waals surface area contributed by atoms with Crippen molar-refractivity contribution in [2.75, 3.05) is 20.3 Å². The summed E-state index contributed by atoms with van der Waals surface area (Å²) in [6.07, 6.45) is 1.27. The van der Waals surface area contributed by atoms with Crippen molar-refractivity contribution in [3.8, 4) is 0 Å². The molecular weight excluding hydrogens is 114 g/mol. The summed E-state index contributed by atoms with van der Waals surface area (Å²) in [5.74, 6) is 1.80. The maximum atomic E-state index is 5.32. The Bertz CT molecular complexity index is 96.7. The minimum atomic E-state index is 0.785. The van der Waals surface area contributed by atoms with Crippen LogP contribution in [0.3, 0.4) is 0 Å². The lowest BCUT2D eigenvalue weighted by Gasteiger charge is -2.06. The van der Waals surface area contributed by atoms with E-state index in [1.807, 2.05) is 7.05 Å². The number of hydrogen-bond acceptors (Lipinski definition) is 2. The van der Waals surface area contributed by atoms with Crippen molar-refractivity contribution in [3.63, 3.8) is 0 Å². The third kappa shape index (κ3) is 0.775. The predicted octanol–water partition coefficient (Wildman–Crippen LogP) is 0.241. The van der Waals surface area contributed by atoms with Crippen LogP contribution in [0.4, 0.5) is 0 Å². The summed E-state index contributed by atoms with van der Waals surface area (Å²) in [5.41, 5.74) is 0. The molecule has 0 aromatic heterocycles. The van der Waals surface area contributed by atoms with Gasteiger partial charge in [0.15, 0.2) is 0 Å². The van der Waals surface area contributed by atoms with E-state index in [1.54, 1.807) is 0 Å². The lowest BCUT2D eigenvalue weighted by Crippen LogP contribution is -2.12. The molecule has 52 valence electrons. The normalized spacial score (nSPS) is 48.3. The van der Waals surface area contributed by atoms with Crippen molar-refractivity contribution in [2.24, 2.45) is 11.8 Å². The van der Waals surface area contributed by atoms with Crippen LogP contribution in [0, 0.1) is 11.8 Å². The van der Waals surface area contributed by atoms with Crippen LogP contribution >= 0.6 is 0 Å². The van der Waals surface area contributed by atoms with Gasteiger partial charge in [-0.3, -0.25) is 0 Å². The van der Waals surface area contributed by atoms with E-state index in [9.17, 15) is 0 Å². The first-order chi connectivity index (χ1) is 4.43. The summed E-state index contributed by atoms with van der Waals surface area (Å²) < 4.78 is 5.32. The van der Waals surface area contributed by atoms with Gasteiger partial charge in [0.25, 0.3) is 0 Å². The van der Waals surface area contributed by atoms with Crippen molar-refractivity contribution in [2.45, 2.75) is 12.5 Å². The lowest BCUT2D eigenvalue weighted by molar-refractivity contribution is 0.0887. The molecule has 2 fully saturated rings. The van der Waals surface area contributed by atoms with E-state index in [4.69, 9.17) is 4.74 Å². The first kappa shape index (κ1) is 5.69. The van der Waals surface area contributed by atoms with Gasteiger partial charge in [0.05, 0.1) is 6.61 Å². The maximum absolute atomic E-state index is 5.32. The fourth-order valence-electron chi connectivity index (χ4n) is 1.93. The van der Waals surface area contributed by atoms with Crippen LogP contribution in [0.15, 0.2) is 0 Å². The van der Waals surface area contributed by atoms with Gasteiger partial charge in [-0.1, -0.05) is 0 Å². The molecule has 0 amide bonds. The van der Waals surface area contributed by atoms with Gasteiger partial charge in [-0.05, 0) is 19.4 Å². The molecule has 1 heterocycles. The third-order valence-electron chi connectivity index (χ3n) is 2.57. The second-order valence-electron chi connectivity index (χ2n) is 3.01. The molecule has 1 N–H and O–H groups in total. The number of fused-ring (bicyclic) bond motifs is 1. The van der Waals surface area contributed by atoms with Crippen LogP contribution in [0.25, 0.3) is 0 Å². The van der Waals surface area contributed by atoms with Crippen molar-refractivity contribution < 1.29 is 4.74 Å². The Kier molecular flexibility index (Phi) is 1.24. The average molecular weight is 127 g/mol. The standard InChI is InChI=1S/C7H13NO/c1-8-7-5-2-3-9-4-6(5)7/h5-8H,2-4H2,1H3. The fraction of sp³-hybridized carbons (Fsp3) is 1.00. The first-order valence-corrected chi connectivity index (χ1v) is 3.68. The summed E-state index contributed by atoms with van der Waals surface area (Å²) in [6.45, 7) is 1.98. The zero-order valence-corrected chi connectivity index (χ0v) is 5.76. The molecule has 2 nitrogen and oxygen atoms in total. The summed E-state index contributed by atoms with van der Waals surface area (Å²) >= 11 is 0. The van der Waals surface area contributed by atoms with Crippen LogP contribution in [0.1, 0.15) is 6.42 Å². The molecule has 2 aliphatic rings. The number of ether oxygens (including phenoxy) is 1. The van der Waals surface area contributed by atoms with Crippen LogP contribution in [-0.2, 0) is 4.74 Å². The van der Waals surface area contributed by atoms with Gasteiger partial charge in [0, 0.05) is 18.6 Å². The van der Waals surface area contributed by atoms with E-state index in [-0.39, 0.29) is 0 Å². The summed E-state index contributed by atoms with van der Waals surface area (Å²) in [5, 5.41) is 3.30. The molecule has 3 atom stereocenters. The van der Waals surface area contributed by atoms with Gasteiger partial charge in [-0.2, -0.15) is 0 Å². The quantitative estimate of drug-likeness (QED) is 0.545. The van der Waals surface area contributed by atoms with Gasteiger partial charge in [0.2, 0.25) is 0 Å². The molecule has 1 saturated carbocycles. The zero-order chi connectivity index (χ0) is 6.27. The topological polar surface area (TPSA) is 21.3 Å². The molecule has 0 aromatic carbocycles. The summed E-state index contributed by atoms with van der Waals surface area (Å²) in [7, 11) is 2.04. The molecule has 1 saturated heterocycles. The van der Waals surface area contributed by atoms with Gasteiger partial charge in [-0.25, -0.2) is 0 Å². The predicted molar refractivity (Wildman–Crippen MR) is 35.3 cm³/mol. The summed E-state index contributed by atoms with van der Waals surface area (Å²) in [6, 6.07) is 0.785. The Hall–Kier alpha value is -0.0800. The maximum Gasteiger partial charge on any atom is 0.0512 e. The van der Waals surface area contributed by atoms with Crippen LogP contribution in [0.5, 0.6) is 0 Å². The Morgan fingerprint density at radius 3 is 2.89 bits per heavy atom. The van der Waals surface area contributed by atoms with Gasteiger partial charge >= 0.3 is 0 Å². The fourth-order valence-corrected chi connectivity index (χ4v) is 1.93.